The molecule has 0 bridgehead atoms. The third-order valence-corrected chi connectivity index (χ3v) is 4.03. The zero-order valence-electron chi connectivity index (χ0n) is 12.1. The van der Waals surface area contributed by atoms with E-state index in [1.165, 1.54) is 24.3 Å². The fourth-order valence-corrected chi connectivity index (χ4v) is 2.40. The molecule has 0 amide bonds. The molecule has 0 spiro atoms. The predicted octanol–water partition coefficient (Wildman–Crippen LogP) is 4.86. The van der Waals surface area contributed by atoms with Crippen LogP contribution in [0.3, 0.4) is 0 Å². The number of nitrogens with zero attached hydrogens (tertiary/aromatic N) is 1. The standard InChI is InChI=1S/C17H11ClFNO3S/c18-11-5-1-9(2-6-11)13-14(10-3-7-12(19)8-4-10)23-16(20-13)15(24)17(21)22/h1-8,15,24H,(H,21,22). The summed E-state index contributed by atoms with van der Waals surface area (Å²) in [7, 11) is 0. The van der Waals surface area contributed by atoms with E-state index in [4.69, 9.17) is 21.1 Å². The van der Waals surface area contributed by atoms with E-state index >= 15 is 0 Å². The fraction of sp³-hybridized carbons (Fsp3) is 0.0588. The Morgan fingerprint density at radius 2 is 1.71 bits per heavy atom. The van der Waals surface area contributed by atoms with Gasteiger partial charge in [-0.15, -0.1) is 0 Å². The lowest BCUT2D eigenvalue weighted by molar-refractivity contribution is -0.136. The quantitative estimate of drug-likeness (QED) is 0.650. The number of benzene rings is 2. The van der Waals surface area contributed by atoms with Gasteiger partial charge >= 0.3 is 5.97 Å². The lowest BCUT2D eigenvalue weighted by Gasteiger charge is -2.02. The van der Waals surface area contributed by atoms with Crippen molar-refractivity contribution < 1.29 is 18.7 Å². The van der Waals surface area contributed by atoms with Gasteiger partial charge in [-0.1, -0.05) is 23.7 Å². The minimum Gasteiger partial charge on any atom is -0.480 e. The van der Waals surface area contributed by atoms with Crippen molar-refractivity contribution in [3.05, 3.63) is 65.3 Å². The number of carboxylic acids is 1. The molecule has 1 aromatic heterocycles. The first-order valence-corrected chi connectivity index (χ1v) is 7.78. The number of rotatable bonds is 4. The SMILES string of the molecule is O=C(O)C(S)c1nc(-c2ccc(Cl)cc2)c(-c2ccc(F)cc2)o1. The molecule has 1 unspecified atom stereocenters. The highest BCUT2D eigenvalue weighted by molar-refractivity contribution is 7.81. The van der Waals surface area contributed by atoms with Crippen molar-refractivity contribution in [2.45, 2.75) is 5.25 Å². The third kappa shape index (κ3) is 3.29. The Bertz CT molecular complexity index is 815. The normalized spacial score (nSPS) is 12.1. The Labute approximate surface area is 147 Å². The van der Waals surface area contributed by atoms with Crippen LogP contribution >= 0.6 is 24.2 Å². The molecule has 1 heterocycles. The molecule has 0 saturated carbocycles. The number of hydrogen-bond acceptors (Lipinski definition) is 4. The van der Waals surface area contributed by atoms with Gasteiger partial charge in [0.25, 0.3) is 0 Å². The average molecular weight is 364 g/mol. The molecule has 0 fully saturated rings. The van der Waals surface area contributed by atoms with Crippen LogP contribution in [-0.4, -0.2) is 16.1 Å². The van der Waals surface area contributed by atoms with E-state index < -0.39 is 11.2 Å². The summed E-state index contributed by atoms with van der Waals surface area (Å²) in [5.74, 6) is -1.26. The number of hydrogen-bond donors (Lipinski definition) is 2. The van der Waals surface area contributed by atoms with Crippen molar-refractivity contribution in [1.82, 2.24) is 4.98 Å². The summed E-state index contributed by atoms with van der Waals surface area (Å²) < 4.78 is 18.8. The molecule has 3 aromatic rings. The van der Waals surface area contributed by atoms with Crippen LogP contribution in [0.4, 0.5) is 4.39 Å². The minimum atomic E-state index is -1.20. The summed E-state index contributed by atoms with van der Waals surface area (Å²) >= 11 is 9.89. The maximum absolute atomic E-state index is 13.2. The van der Waals surface area contributed by atoms with E-state index in [0.29, 0.717) is 27.6 Å². The zero-order chi connectivity index (χ0) is 17.3. The first-order valence-electron chi connectivity index (χ1n) is 6.89. The predicted molar refractivity (Wildman–Crippen MR) is 91.7 cm³/mol. The minimum absolute atomic E-state index is 0.0462. The molecule has 7 heteroatoms. The summed E-state index contributed by atoms with van der Waals surface area (Å²) in [6, 6.07) is 12.5. The smallest absolute Gasteiger partial charge is 0.325 e. The van der Waals surface area contributed by atoms with E-state index in [9.17, 15) is 9.18 Å². The fourth-order valence-electron chi connectivity index (χ4n) is 2.16. The van der Waals surface area contributed by atoms with Gasteiger partial charge in [0.2, 0.25) is 5.89 Å². The zero-order valence-corrected chi connectivity index (χ0v) is 13.8. The second-order valence-electron chi connectivity index (χ2n) is 4.98. The summed E-state index contributed by atoms with van der Waals surface area (Å²) in [6.07, 6.45) is 0. The van der Waals surface area contributed by atoms with E-state index in [0.717, 1.165) is 0 Å². The average Bonchev–Trinajstić information content (AvgIpc) is 3.00. The monoisotopic (exact) mass is 363 g/mol. The molecule has 0 aliphatic heterocycles. The van der Waals surface area contributed by atoms with Crippen LogP contribution in [0.2, 0.25) is 5.02 Å². The molecule has 24 heavy (non-hydrogen) atoms. The molecular formula is C17H11ClFNO3S. The van der Waals surface area contributed by atoms with Crippen molar-refractivity contribution in [2.24, 2.45) is 0 Å². The van der Waals surface area contributed by atoms with Gasteiger partial charge in [0.1, 0.15) is 11.5 Å². The molecule has 0 radical (unpaired) electrons. The summed E-state index contributed by atoms with van der Waals surface area (Å²) in [5.41, 5.74) is 1.71. The molecule has 3 rings (SSSR count). The van der Waals surface area contributed by atoms with Gasteiger partial charge in [0.05, 0.1) is 0 Å². The van der Waals surface area contributed by atoms with E-state index in [1.54, 1.807) is 24.3 Å². The second-order valence-corrected chi connectivity index (χ2v) is 5.94. The topological polar surface area (TPSA) is 63.3 Å². The van der Waals surface area contributed by atoms with E-state index in [-0.39, 0.29) is 11.7 Å². The molecular weight excluding hydrogens is 353 g/mol. The molecule has 1 atom stereocenters. The van der Waals surface area contributed by atoms with Gasteiger partial charge in [0.15, 0.2) is 11.0 Å². The number of carbonyl (C=O) groups is 1. The first kappa shape index (κ1) is 16.5. The Kier molecular flexibility index (Phi) is 4.59. The van der Waals surface area contributed by atoms with Gasteiger partial charge in [-0.2, -0.15) is 12.6 Å². The first-order chi connectivity index (χ1) is 11.5. The van der Waals surface area contributed by atoms with Gasteiger partial charge < -0.3 is 9.52 Å². The van der Waals surface area contributed by atoms with E-state index in [1.807, 2.05) is 0 Å². The lowest BCUT2D eigenvalue weighted by atomic mass is 10.1. The Morgan fingerprint density at radius 3 is 2.29 bits per heavy atom. The highest BCUT2D eigenvalue weighted by Gasteiger charge is 2.25. The van der Waals surface area contributed by atoms with Crippen molar-refractivity contribution >= 4 is 30.2 Å². The van der Waals surface area contributed by atoms with Crippen molar-refractivity contribution in [1.29, 1.82) is 0 Å². The number of halogens is 2. The maximum atomic E-state index is 13.2. The lowest BCUT2D eigenvalue weighted by Crippen LogP contribution is -2.05. The number of oxazole rings is 1. The van der Waals surface area contributed by atoms with Crippen LogP contribution in [0, 0.1) is 5.82 Å². The van der Waals surface area contributed by atoms with Crippen LogP contribution in [-0.2, 0) is 4.79 Å². The molecule has 0 aliphatic carbocycles. The largest absolute Gasteiger partial charge is 0.480 e. The van der Waals surface area contributed by atoms with Crippen molar-refractivity contribution in [3.8, 4) is 22.6 Å². The van der Waals surface area contributed by atoms with Crippen molar-refractivity contribution in [3.63, 3.8) is 0 Å². The van der Waals surface area contributed by atoms with Crippen LogP contribution in [0.25, 0.3) is 22.6 Å². The van der Waals surface area contributed by atoms with Gasteiger partial charge in [-0.05, 0) is 36.4 Å². The molecule has 2 aromatic carbocycles. The molecule has 0 saturated heterocycles. The molecule has 0 aliphatic rings. The Hall–Kier alpha value is -2.31. The number of thiol groups is 1. The van der Waals surface area contributed by atoms with Gasteiger partial charge in [-0.25, -0.2) is 9.37 Å². The summed E-state index contributed by atoms with van der Waals surface area (Å²) in [6.45, 7) is 0. The summed E-state index contributed by atoms with van der Waals surface area (Å²) in [5, 5.41) is 8.46. The van der Waals surface area contributed by atoms with Crippen LogP contribution in [0.15, 0.2) is 52.9 Å². The molecule has 1 N–H and O–H groups in total. The van der Waals surface area contributed by atoms with Crippen LogP contribution < -0.4 is 0 Å². The maximum Gasteiger partial charge on any atom is 0.325 e. The van der Waals surface area contributed by atoms with Crippen molar-refractivity contribution in [2.75, 3.05) is 0 Å². The van der Waals surface area contributed by atoms with E-state index in [2.05, 4.69) is 17.6 Å². The molecule has 4 nitrogen and oxygen atoms in total. The van der Waals surface area contributed by atoms with Crippen LogP contribution in [0.5, 0.6) is 0 Å². The number of aromatic nitrogens is 1. The van der Waals surface area contributed by atoms with Gasteiger partial charge in [0, 0.05) is 16.1 Å². The molecule has 122 valence electrons. The number of aliphatic carboxylic acids is 1. The summed E-state index contributed by atoms with van der Waals surface area (Å²) in [4.78, 5) is 15.4. The highest BCUT2D eigenvalue weighted by atomic mass is 35.5. The second kappa shape index (κ2) is 6.67. The van der Waals surface area contributed by atoms with Crippen LogP contribution in [0.1, 0.15) is 11.1 Å². The number of carboxylic acid groups (broad SMARTS) is 1. The van der Waals surface area contributed by atoms with Gasteiger partial charge in [-0.3, -0.25) is 4.79 Å². The Morgan fingerprint density at radius 1 is 1.12 bits per heavy atom. The third-order valence-electron chi connectivity index (χ3n) is 3.34. The Balaban J connectivity index is 2.16. The highest BCUT2D eigenvalue weighted by Crippen LogP contribution is 2.36.